The molecule has 0 atom stereocenters. The molecular formula is C7H11FN2. The molecule has 0 aliphatic rings. The molecule has 2 nitrogen and oxygen atoms in total. The standard InChI is InChI=1S/C7H11FN2/c1-3-7(6-10-8)5-9-4-2/h3-5,10H,1,6H2,2H3/b7-5+,9-4-. The van der Waals surface area contributed by atoms with Crippen molar-refractivity contribution in [2.24, 2.45) is 4.99 Å². The van der Waals surface area contributed by atoms with E-state index in [4.69, 9.17) is 0 Å². The fourth-order valence-corrected chi connectivity index (χ4v) is 0.418. The number of aliphatic imine (C=N–C) groups is 1. The van der Waals surface area contributed by atoms with Crippen molar-refractivity contribution in [2.75, 3.05) is 6.54 Å². The van der Waals surface area contributed by atoms with E-state index < -0.39 is 0 Å². The highest BCUT2D eigenvalue weighted by molar-refractivity contribution is 5.54. The first-order valence-electron chi connectivity index (χ1n) is 2.98. The van der Waals surface area contributed by atoms with E-state index in [9.17, 15) is 4.48 Å². The Labute approximate surface area is 60.1 Å². The maximum absolute atomic E-state index is 11.5. The summed E-state index contributed by atoms with van der Waals surface area (Å²) in [5.74, 6) is 0. The molecule has 0 aromatic rings. The monoisotopic (exact) mass is 142 g/mol. The maximum atomic E-state index is 11.5. The molecule has 0 aromatic carbocycles. The van der Waals surface area contributed by atoms with Gasteiger partial charge in [0.2, 0.25) is 0 Å². The van der Waals surface area contributed by atoms with Crippen LogP contribution in [0.2, 0.25) is 0 Å². The highest BCUT2D eigenvalue weighted by atomic mass is 19.2. The van der Waals surface area contributed by atoms with Crippen LogP contribution in [0.1, 0.15) is 6.92 Å². The van der Waals surface area contributed by atoms with Crippen LogP contribution >= 0.6 is 0 Å². The van der Waals surface area contributed by atoms with Crippen LogP contribution < -0.4 is 5.54 Å². The van der Waals surface area contributed by atoms with Crippen LogP contribution in [0.25, 0.3) is 0 Å². The first-order chi connectivity index (χ1) is 4.85. The highest BCUT2D eigenvalue weighted by Crippen LogP contribution is 1.92. The molecule has 0 radical (unpaired) electrons. The first-order valence-corrected chi connectivity index (χ1v) is 2.98. The first kappa shape index (κ1) is 9.04. The predicted octanol–water partition coefficient (Wildman–Crippen LogP) is 1.62. The van der Waals surface area contributed by atoms with E-state index in [1.165, 1.54) is 5.54 Å². The molecule has 0 spiro atoms. The van der Waals surface area contributed by atoms with Gasteiger partial charge < -0.3 is 0 Å². The summed E-state index contributed by atoms with van der Waals surface area (Å²) in [6, 6.07) is 0. The lowest BCUT2D eigenvalue weighted by atomic mass is 10.3. The molecule has 0 aliphatic carbocycles. The summed E-state index contributed by atoms with van der Waals surface area (Å²) in [4.78, 5) is 3.80. The molecule has 0 bridgehead atoms. The topological polar surface area (TPSA) is 24.4 Å². The molecule has 0 saturated carbocycles. The Balaban J connectivity index is 3.90. The summed E-state index contributed by atoms with van der Waals surface area (Å²) in [6.45, 7) is 5.43. The number of hydrogen-bond donors (Lipinski definition) is 1. The van der Waals surface area contributed by atoms with Gasteiger partial charge >= 0.3 is 0 Å². The van der Waals surface area contributed by atoms with Gasteiger partial charge in [0, 0.05) is 12.4 Å². The Kier molecular flexibility index (Phi) is 5.57. The summed E-state index contributed by atoms with van der Waals surface area (Å²) in [5.41, 5.74) is 2.24. The number of nitrogens with zero attached hydrogens (tertiary/aromatic N) is 1. The zero-order valence-electron chi connectivity index (χ0n) is 5.97. The number of halogens is 1. The second-order valence-corrected chi connectivity index (χ2v) is 1.63. The summed E-state index contributed by atoms with van der Waals surface area (Å²) < 4.78 is 11.5. The van der Waals surface area contributed by atoms with Crippen molar-refractivity contribution in [1.29, 1.82) is 0 Å². The molecule has 10 heavy (non-hydrogen) atoms. The van der Waals surface area contributed by atoms with Crippen LogP contribution in [0.5, 0.6) is 0 Å². The van der Waals surface area contributed by atoms with E-state index in [1.807, 2.05) is 0 Å². The summed E-state index contributed by atoms with van der Waals surface area (Å²) in [6.07, 6.45) is 4.74. The average molecular weight is 142 g/mol. The molecule has 0 amide bonds. The van der Waals surface area contributed by atoms with Gasteiger partial charge in [0.25, 0.3) is 0 Å². The maximum Gasteiger partial charge on any atom is 0.0525 e. The van der Waals surface area contributed by atoms with Crippen LogP contribution in [0.4, 0.5) is 4.48 Å². The van der Waals surface area contributed by atoms with Crippen molar-refractivity contribution in [3.63, 3.8) is 0 Å². The fraction of sp³-hybridized carbons (Fsp3) is 0.286. The quantitative estimate of drug-likeness (QED) is 0.360. The second kappa shape index (κ2) is 6.16. The number of nitrogens with one attached hydrogen (secondary N) is 1. The van der Waals surface area contributed by atoms with Crippen LogP contribution in [0.3, 0.4) is 0 Å². The van der Waals surface area contributed by atoms with E-state index in [-0.39, 0.29) is 6.54 Å². The third-order valence-electron chi connectivity index (χ3n) is 0.923. The zero-order valence-corrected chi connectivity index (χ0v) is 5.97. The Morgan fingerprint density at radius 1 is 1.80 bits per heavy atom. The highest BCUT2D eigenvalue weighted by Gasteiger charge is 1.86. The Morgan fingerprint density at radius 2 is 2.50 bits per heavy atom. The molecule has 0 rings (SSSR count). The third kappa shape index (κ3) is 3.97. The molecule has 56 valence electrons. The van der Waals surface area contributed by atoms with Gasteiger partial charge in [-0.05, 0) is 12.5 Å². The summed E-state index contributed by atoms with van der Waals surface area (Å²) >= 11 is 0. The lowest BCUT2D eigenvalue weighted by molar-refractivity contribution is 0.354. The minimum absolute atomic E-state index is 0.154. The summed E-state index contributed by atoms with van der Waals surface area (Å²) in [7, 11) is 0. The van der Waals surface area contributed by atoms with E-state index in [0.717, 1.165) is 5.57 Å². The van der Waals surface area contributed by atoms with Crippen molar-refractivity contribution >= 4 is 6.21 Å². The van der Waals surface area contributed by atoms with Gasteiger partial charge in [0.1, 0.15) is 0 Å². The molecule has 3 heteroatoms. The Bertz CT molecular complexity index is 150. The zero-order chi connectivity index (χ0) is 7.82. The van der Waals surface area contributed by atoms with Gasteiger partial charge in [0.15, 0.2) is 0 Å². The SMILES string of the molecule is C=C/C(=C\N=C/C)CNF. The average Bonchev–Trinajstić information content (AvgIpc) is 1.98. The van der Waals surface area contributed by atoms with Crippen molar-refractivity contribution in [3.8, 4) is 0 Å². The normalized spacial score (nSPS) is 12.4. The minimum atomic E-state index is 0.154. The van der Waals surface area contributed by atoms with Crippen LogP contribution in [-0.4, -0.2) is 12.8 Å². The number of hydrogen-bond acceptors (Lipinski definition) is 2. The second-order valence-electron chi connectivity index (χ2n) is 1.63. The Morgan fingerprint density at radius 3 is 2.90 bits per heavy atom. The Hall–Kier alpha value is -0.960. The molecular weight excluding hydrogens is 131 g/mol. The van der Waals surface area contributed by atoms with Gasteiger partial charge in [-0.2, -0.15) is 5.54 Å². The van der Waals surface area contributed by atoms with Gasteiger partial charge in [-0.15, -0.1) is 4.48 Å². The van der Waals surface area contributed by atoms with Crippen LogP contribution in [0.15, 0.2) is 29.4 Å². The molecule has 0 unspecified atom stereocenters. The van der Waals surface area contributed by atoms with Crippen molar-refractivity contribution in [2.45, 2.75) is 6.92 Å². The van der Waals surface area contributed by atoms with Gasteiger partial charge in [-0.3, -0.25) is 4.99 Å². The lowest BCUT2D eigenvalue weighted by Crippen LogP contribution is -2.03. The molecule has 0 aromatic heterocycles. The van der Waals surface area contributed by atoms with E-state index in [0.29, 0.717) is 0 Å². The molecule has 0 saturated heterocycles. The van der Waals surface area contributed by atoms with Crippen molar-refractivity contribution in [3.05, 3.63) is 24.4 Å². The molecule has 0 aliphatic heterocycles. The minimum Gasteiger partial charge on any atom is -0.269 e. The van der Waals surface area contributed by atoms with Gasteiger partial charge in [-0.1, -0.05) is 12.7 Å². The van der Waals surface area contributed by atoms with Crippen molar-refractivity contribution in [1.82, 2.24) is 5.54 Å². The van der Waals surface area contributed by atoms with Crippen LogP contribution in [-0.2, 0) is 0 Å². The van der Waals surface area contributed by atoms with E-state index in [2.05, 4.69) is 11.6 Å². The lowest BCUT2D eigenvalue weighted by Gasteiger charge is -1.93. The summed E-state index contributed by atoms with van der Waals surface area (Å²) in [5, 5.41) is 0. The van der Waals surface area contributed by atoms with Gasteiger partial charge in [0.05, 0.1) is 6.54 Å². The van der Waals surface area contributed by atoms with E-state index >= 15 is 0 Å². The largest absolute Gasteiger partial charge is 0.269 e. The molecule has 1 N–H and O–H groups in total. The molecule has 0 fully saturated rings. The predicted molar refractivity (Wildman–Crippen MR) is 41.6 cm³/mol. The number of rotatable bonds is 4. The van der Waals surface area contributed by atoms with E-state index in [1.54, 1.807) is 25.4 Å². The smallest absolute Gasteiger partial charge is 0.0525 e. The van der Waals surface area contributed by atoms with Crippen LogP contribution in [0, 0.1) is 0 Å². The molecule has 0 heterocycles. The van der Waals surface area contributed by atoms with Gasteiger partial charge in [-0.25, -0.2) is 0 Å². The third-order valence-corrected chi connectivity index (χ3v) is 0.923. The fourth-order valence-electron chi connectivity index (χ4n) is 0.418. The van der Waals surface area contributed by atoms with Crippen molar-refractivity contribution < 1.29 is 4.48 Å².